The first-order valence-electron chi connectivity index (χ1n) is 11.2. The van der Waals surface area contributed by atoms with E-state index in [2.05, 4.69) is 44.9 Å². The highest BCUT2D eigenvalue weighted by molar-refractivity contribution is 8.00. The van der Waals surface area contributed by atoms with Gasteiger partial charge in [0.15, 0.2) is 11.6 Å². The van der Waals surface area contributed by atoms with Gasteiger partial charge in [0.25, 0.3) is 0 Å². The van der Waals surface area contributed by atoms with Gasteiger partial charge in [-0.15, -0.1) is 10.2 Å². The molecule has 1 aliphatic heterocycles. The van der Waals surface area contributed by atoms with Gasteiger partial charge in [0.2, 0.25) is 5.16 Å². The largest absolute Gasteiger partial charge is 0.497 e. The summed E-state index contributed by atoms with van der Waals surface area (Å²) in [7, 11) is 5.62. The smallest absolute Gasteiger partial charge is 0.211 e. The average molecular weight is 487 g/mol. The van der Waals surface area contributed by atoms with E-state index in [1.165, 1.54) is 11.8 Å². The first-order chi connectivity index (χ1) is 16.9. The highest BCUT2D eigenvalue weighted by Gasteiger charge is 2.38. The van der Waals surface area contributed by atoms with Gasteiger partial charge in [-0.1, -0.05) is 23.9 Å². The van der Waals surface area contributed by atoms with E-state index in [4.69, 9.17) is 4.74 Å². The molecule has 2 aromatic carbocycles. The normalized spacial score (nSPS) is 16.8. The Hall–Kier alpha value is -3.85. The fourth-order valence-corrected chi connectivity index (χ4v) is 5.15. The number of hydrogen-bond acceptors (Lipinski definition) is 8. The minimum atomic E-state index is -0.436. The third-order valence-electron chi connectivity index (χ3n) is 6.01. The number of rotatable bonds is 6. The number of ketones is 1. The molecule has 0 fully saturated rings. The van der Waals surface area contributed by atoms with Crippen molar-refractivity contribution in [3.05, 3.63) is 83.7 Å². The molecule has 4 aromatic rings. The van der Waals surface area contributed by atoms with E-state index in [0.717, 1.165) is 22.5 Å². The Morgan fingerprint density at radius 2 is 1.77 bits per heavy atom. The Bertz CT molecular complexity index is 1330. The molecule has 0 aliphatic carbocycles. The summed E-state index contributed by atoms with van der Waals surface area (Å²) in [5.74, 6) is 1.38. The van der Waals surface area contributed by atoms with E-state index in [-0.39, 0.29) is 11.8 Å². The minimum Gasteiger partial charge on any atom is -0.497 e. The first-order valence-corrected chi connectivity index (χ1v) is 12.1. The number of fused-ring (bicyclic) bond motifs is 1. The highest BCUT2D eigenvalue weighted by Crippen LogP contribution is 2.40. The zero-order valence-corrected chi connectivity index (χ0v) is 20.8. The van der Waals surface area contributed by atoms with E-state index in [1.807, 2.05) is 42.7 Å². The van der Waals surface area contributed by atoms with Crippen molar-refractivity contribution in [2.45, 2.75) is 23.4 Å². The molecule has 9 heteroatoms. The lowest BCUT2D eigenvalue weighted by Crippen LogP contribution is -2.39. The second-order valence-corrected chi connectivity index (χ2v) is 9.66. The van der Waals surface area contributed by atoms with Crippen LogP contribution in [0.5, 0.6) is 5.75 Å². The van der Waals surface area contributed by atoms with Crippen LogP contribution in [0.3, 0.4) is 0 Å². The van der Waals surface area contributed by atoms with Crippen molar-refractivity contribution in [1.29, 1.82) is 0 Å². The second-order valence-electron chi connectivity index (χ2n) is 8.55. The Morgan fingerprint density at radius 1 is 1.03 bits per heavy atom. The third kappa shape index (κ3) is 4.46. The number of aromatic nitrogens is 4. The summed E-state index contributed by atoms with van der Waals surface area (Å²) in [6, 6.07) is 19.1. The van der Waals surface area contributed by atoms with Crippen molar-refractivity contribution in [2.24, 2.45) is 0 Å². The zero-order valence-electron chi connectivity index (χ0n) is 20.0. The van der Waals surface area contributed by atoms with Crippen molar-refractivity contribution in [2.75, 3.05) is 31.5 Å². The van der Waals surface area contributed by atoms with Crippen LogP contribution in [0.25, 0.3) is 11.4 Å². The molecule has 2 unspecified atom stereocenters. The molecular weight excluding hydrogens is 460 g/mol. The fraction of sp³-hybridized carbons (Fsp3) is 0.231. The van der Waals surface area contributed by atoms with Crippen LogP contribution < -0.4 is 15.1 Å². The molecule has 0 radical (unpaired) electrons. The maximum absolute atomic E-state index is 13.7. The third-order valence-corrected chi connectivity index (χ3v) is 7.22. The number of carbonyl (C=O) groups excluding carboxylic acids is 1. The summed E-state index contributed by atoms with van der Waals surface area (Å²) < 4.78 is 7.11. The predicted molar refractivity (Wildman–Crippen MR) is 138 cm³/mol. The number of anilines is 1. The number of carbonyl (C=O) groups is 1. The maximum atomic E-state index is 13.7. The van der Waals surface area contributed by atoms with Crippen molar-refractivity contribution in [3.8, 4) is 17.1 Å². The van der Waals surface area contributed by atoms with Crippen molar-refractivity contribution in [1.82, 2.24) is 19.9 Å². The molecule has 5 rings (SSSR count). The lowest BCUT2D eigenvalue weighted by Gasteiger charge is -2.33. The molecule has 0 spiro atoms. The number of nitrogens with zero attached hydrogens (tertiary/aromatic N) is 5. The molecule has 3 heterocycles. The van der Waals surface area contributed by atoms with E-state index in [9.17, 15) is 4.79 Å². The summed E-state index contributed by atoms with van der Waals surface area (Å²) >= 11 is 1.42. The van der Waals surface area contributed by atoms with Crippen molar-refractivity contribution < 1.29 is 9.53 Å². The van der Waals surface area contributed by atoms with Crippen LogP contribution in [-0.4, -0.2) is 52.1 Å². The van der Waals surface area contributed by atoms with Gasteiger partial charge in [-0.25, -0.2) is 4.68 Å². The van der Waals surface area contributed by atoms with Gasteiger partial charge in [-0.05, 0) is 61.0 Å². The molecule has 0 bridgehead atoms. The van der Waals surface area contributed by atoms with E-state index >= 15 is 0 Å². The number of hydrogen-bond donors (Lipinski definition) is 1. The van der Waals surface area contributed by atoms with Crippen molar-refractivity contribution in [3.63, 3.8) is 0 Å². The topological polar surface area (TPSA) is 85.2 Å². The summed E-state index contributed by atoms with van der Waals surface area (Å²) in [6.45, 7) is 1.94. The van der Waals surface area contributed by atoms with Gasteiger partial charge in [0, 0.05) is 42.8 Å². The Morgan fingerprint density at radius 3 is 2.40 bits per heavy atom. The van der Waals surface area contributed by atoms with Crippen LogP contribution in [0.2, 0.25) is 0 Å². The fourth-order valence-electron chi connectivity index (χ4n) is 3.99. The molecule has 0 saturated heterocycles. The number of benzene rings is 2. The summed E-state index contributed by atoms with van der Waals surface area (Å²) in [5, 5.41) is 8.99. The number of pyridine rings is 1. The zero-order chi connectivity index (χ0) is 24.5. The van der Waals surface area contributed by atoms with E-state index in [0.29, 0.717) is 22.3 Å². The monoisotopic (exact) mass is 486 g/mol. The average Bonchev–Trinajstić information content (AvgIpc) is 3.31. The first kappa shape index (κ1) is 22.9. The second kappa shape index (κ2) is 9.42. The van der Waals surface area contributed by atoms with Gasteiger partial charge >= 0.3 is 0 Å². The number of methoxy groups -OCH3 is 1. The summed E-state index contributed by atoms with van der Waals surface area (Å²) in [5.41, 5.74) is 8.02. The Kier molecular flexibility index (Phi) is 6.17. The van der Waals surface area contributed by atoms with Crippen LogP contribution in [0.1, 0.15) is 27.7 Å². The van der Waals surface area contributed by atoms with Gasteiger partial charge < -0.3 is 15.1 Å². The lowest BCUT2D eigenvalue weighted by atomic mass is 9.97. The van der Waals surface area contributed by atoms with Crippen LogP contribution in [0.4, 0.5) is 5.69 Å². The minimum absolute atomic E-state index is 0.0136. The van der Waals surface area contributed by atoms with Crippen molar-refractivity contribution >= 4 is 23.2 Å². The molecule has 1 aliphatic rings. The van der Waals surface area contributed by atoms with Crippen LogP contribution >= 0.6 is 11.8 Å². The number of ether oxygens (including phenoxy) is 1. The number of thioether (sulfide) groups is 1. The van der Waals surface area contributed by atoms with Gasteiger partial charge in [0.1, 0.15) is 11.0 Å². The Balaban J connectivity index is 1.54. The van der Waals surface area contributed by atoms with E-state index in [1.54, 1.807) is 37.6 Å². The SMILES string of the molecule is COc1ccc(C(=O)C2Sc3nnc(-c4ccc(C)nc4)n3NC2c2ccc(N(C)C)cc2)cc1. The van der Waals surface area contributed by atoms with Crippen LogP contribution in [0.15, 0.2) is 72.0 Å². The molecule has 35 heavy (non-hydrogen) atoms. The highest BCUT2D eigenvalue weighted by atomic mass is 32.2. The summed E-state index contributed by atoms with van der Waals surface area (Å²) in [6.07, 6.45) is 1.79. The van der Waals surface area contributed by atoms with Crippen LogP contribution in [-0.2, 0) is 0 Å². The quantitative estimate of drug-likeness (QED) is 0.402. The molecule has 8 nitrogen and oxygen atoms in total. The molecule has 0 amide bonds. The molecule has 2 aromatic heterocycles. The maximum Gasteiger partial charge on any atom is 0.211 e. The van der Waals surface area contributed by atoms with Gasteiger partial charge in [-0.2, -0.15) is 0 Å². The molecular formula is C26H26N6O2S. The molecule has 178 valence electrons. The van der Waals surface area contributed by atoms with Gasteiger partial charge in [-0.3, -0.25) is 9.78 Å². The number of Topliss-reactive ketones (excluding diaryl/α,β-unsaturated/α-hetero) is 1. The van der Waals surface area contributed by atoms with Crippen LogP contribution in [0, 0.1) is 6.92 Å². The molecule has 2 atom stereocenters. The summed E-state index contributed by atoms with van der Waals surface area (Å²) in [4.78, 5) is 20.2. The lowest BCUT2D eigenvalue weighted by molar-refractivity contribution is 0.0980. The molecule has 1 N–H and O–H groups in total. The van der Waals surface area contributed by atoms with Gasteiger partial charge in [0.05, 0.1) is 13.2 Å². The number of nitrogens with one attached hydrogen (secondary N) is 1. The predicted octanol–water partition coefficient (Wildman–Crippen LogP) is 4.37. The Labute approximate surface area is 208 Å². The van der Waals surface area contributed by atoms with E-state index < -0.39 is 5.25 Å². The number of aryl methyl sites for hydroxylation is 1. The standard InChI is InChI=1S/C26H26N6O2S/c1-16-5-6-19(15-27-16)25-28-29-26-32(25)30-22(17-7-11-20(12-8-17)31(2)3)24(35-26)23(33)18-9-13-21(34-4)14-10-18/h5-15,22,24,30H,1-4H3. The molecule has 0 saturated carbocycles.